The number of fused-ring (bicyclic) bond motifs is 1. The molecule has 1 atom stereocenters. The molecule has 2 heterocycles. The van der Waals surface area contributed by atoms with Gasteiger partial charge in [-0.25, -0.2) is 4.68 Å². The number of H-pyrrole nitrogens is 1. The van der Waals surface area contributed by atoms with Crippen LogP contribution in [0.1, 0.15) is 54.4 Å². The molecule has 190 valence electrons. The number of nitrogens with zero attached hydrogens (tertiary/aromatic N) is 5. The molecule has 0 fully saturated rings. The van der Waals surface area contributed by atoms with Crippen molar-refractivity contribution in [2.24, 2.45) is 5.92 Å². The Balaban J connectivity index is 1.65. The highest BCUT2D eigenvalue weighted by Crippen LogP contribution is 2.29. The third kappa shape index (κ3) is 5.88. The molecule has 2 aromatic carbocycles. The fourth-order valence-corrected chi connectivity index (χ4v) is 4.79. The number of tetrazole rings is 1. The second-order valence-electron chi connectivity index (χ2n) is 9.88. The number of aromatic nitrogens is 5. The van der Waals surface area contributed by atoms with Crippen LogP contribution in [-0.2, 0) is 19.5 Å². The van der Waals surface area contributed by atoms with Gasteiger partial charge in [0, 0.05) is 37.3 Å². The van der Waals surface area contributed by atoms with Gasteiger partial charge in [0.25, 0.3) is 5.56 Å². The SMILES string of the molecule is Cc1cc2cc(CN(CCCO)C(c3nnnn3CCc3ccccc3)C(C)C)c(=O)[nH]c2cc1C. The van der Waals surface area contributed by atoms with E-state index in [1.807, 2.05) is 41.9 Å². The van der Waals surface area contributed by atoms with Crippen LogP contribution in [-0.4, -0.2) is 48.3 Å². The average molecular weight is 489 g/mol. The van der Waals surface area contributed by atoms with Crippen molar-refractivity contribution in [2.75, 3.05) is 13.2 Å². The molecule has 0 bridgehead atoms. The molecule has 4 aromatic rings. The summed E-state index contributed by atoms with van der Waals surface area (Å²) in [4.78, 5) is 18.4. The number of benzene rings is 2. The molecule has 0 aliphatic rings. The first-order chi connectivity index (χ1) is 17.4. The summed E-state index contributed by atoms with van der Waals surface area (Å²) >= 11 is 0. The number of nitrogens with one attached hydrogen (secondary N) is 1. The third-order valence-electron chi connectivity index (χ3n) is 6.82. The molecular formula is C28H36N6O2. The van der Waals surface area contributed by atoms with Gasteiger partial charge in [0.15, 0.2) is 5.82 Å². The van der Waals surface area contributed by atoms with Gasteiger partial charge in [0.1, 0.15) is 0 Å². The maximum atomic E-state index is 13.1. The van der Waals surface area contributed by atoms with Crippen molar-refractivity contribution in [3.8, 4) is 0 Å². The van der Waals surface area contributed by atoms with Crippen molar-refractivity contribution >= 4 is 10.9 Å². The van der Waals surface area contributed by atoms with Crippen LogP contribution >= 0.6 is 0 Å². The summed E-state index contributed by atoms with van der Waals surface area (Å²) < 4.78 is 1.88. The number of aliphatic hydroxyl groups is 1. The predicted molar refractivity (Wildman–Crippen MR) is 142 cm³/mol. The van der Waals surface area contributed by atoms with Gasteiger partial charge in [-0.3, -0.25) is 9.69 Å². The molecule has 0 amide bonds. The Morgan fingerprint density at radius 3 is 2.56 bits per heavy atom. The van der Waals surface area contributed by atoms with E-state index in [2.05, 4.69) is 64.4 Å². The van der Waals surface area contributed by atoms with E-state index in [0.29, 0.717) is 31.6 Å². The summed E-state index contributed by atoms with van der Waals surface area (Å²) in [5, 5.41) is 23.3. The topological polar surface area (TPSA) is 99.9 Å². The summed E-state index contributed by atoms with van der Waals surface area (Å²) in [6, 6.07) is 16.3. The van der Waals surface area contributed by atoms with E-state index >= 15 is 0 Å². The average Bonchev–Trinajstić information content (AvgIpc) is 3.31. The van der Waals surface area contributed by atoms with Gasteiger partial charge >= 0.3 is 0 Å². The zero-order valence-electron chi connectivity index (χ0n) is 21.6. The number of aryl methyl sites for hydroxylation is 4. The van der Waals surface area contributed by atoms with Crippen LogP contribution in [0.2, 0.25) is 0 Å². The lowest BCUT2D eigenvalue weighted by Crippen LogP contribution is -2.36. The molecule has 0 aliphatic heterocycles. The second kappa shape index (κ2) is 11.6. The van der Waals surface area contributed by atoms with Gasteiger partial charge < -0.3 is 10.1 Å². The van der Waals surface area contributed by atoms with Gasteiger partial charge in [0.2, 0.25) is 0 Å². The molecule has 0 radical (unpaired) electrons. The van der Waals surface area contributed by atoms with Crippen molar-refractivity contribution in [3.63, 3.8) is 0 Å². The first kappa shape index (κ1) is 25.7. The normalized spacial score (nSPS) is 12.6. The largest absolute Gasteiger partial charge is 0.396 e. The third-order valence-corrected chi connectivity index (χ3v) is 6.82. The molecule has 1 unspecified atom stereocenters. The van der Waals surface area contributed by atoms with Crippen LogP contribution in [0.25, 0.3) is 10.9 Å². The van der Waals surface area contributed by atoms with Crippen molar-refractivity contribution in [1.82, 2.24) is 30.1 Å². The Kier molecular flexibility index (Phi) is 8.28. The number of rotatable bonds is 11. The highest BCUT2D eigenvalue weighted by Gasteiger charge is 2.29. The van der Waals surface area contributed by atoms with Crippen LogP contribution in [0, 0.1) is 19.8 Å². The number of aliphatic hydroxyl groups excluding tert-OH is 1. The maximum Gasteiger partial charge on any atom is 0.252 e. The Morgan fingerprint density at radius 1 is 1.08 bits per heavy atom. The van der Waals surface area contributed by atoms with Crippen molar-refractivity contribution in [1.29, 1.82) is 0 Å². The fourth-order valence-electron chi connectivity index (χ4n) is 4.79. The summed E-state index contributed by atoms with van der Waals surface area (Å²) in [5.41, 5.74) is 5.01. The molecule has 2 aromatic heterocycles. The molecule has 8 heteroatoms. The van der Waals surface area contributed by atoms with Gasteiger partial charge in [-0.05, 0) is 83.3 Å². The van der Waals surface area contributed by atoms with E-state index < -0.39 is 0 Å². The highest BCUT2D eigenvalue weighted by atomic mass is 16.3. The number of hydrogen-bond acceptors (Lipinski definition) is 6. The van der Waals surface area contributed by atoms with E-state index in [4.69, 9.17) is 0 Å². The molecule has 0 spiro atoms. The van der Waals surface area contributed by atoms with E-state index in [-0.39, 0.29) is 24.1 Å². The van der Waals surface area contributed by atoms with Crippen molar-refractivity contribution in [3.05, 3.63) is 87.0 Å². The van der Waals surface area contributed by atoms with Crippen LogP contribution in [0.15, 0.2) is 53.3 Å². The quantitative estimate of drug-likeness (QED) is 0.332. The summed E-state index contributed by atoms with van der Waals surface area (Å²) in [6.07, 6.45) is 1.42. The van der Waals surface area contributed by atoms with Crippen molar-refractivity contribution in [2.45, 2.75) is 59.7 Å². The van der Waals surface area contributed by atoms with Gasteiger partial charge in [-0.2, -0.15) is 0 Å². The van der Waals surface area contributed by atoms with E-state index in [9.17, 15) is 9.90 Å². The van der Waals surface area contributed by atoms with E-state index in [0.717, 1.165) is 28.7 Å². The van der Waals surface area contributed by atoms with Crippen LogP contribution in [0.3, 0.4) is 0 Å². The fraction of sp³-hybridized carbons (Fsp3) is 0.429. The lowest BCUT2D eigenvalue weighted by molar-refractivity contribution is 0.122. The lowest BCUT2D eigenvalue weighted by atomic mass is 9.99. The molecule has 2 N–H and O–H groups in total. The Morgan fingerprint density at radius 2 is 1.83 bits per heavy atom. The highest BCUT2D eigenvalue weighted by molar-refractivity contribution is 5.80. The number of hydrogen-bond donors (Lipinski definition) is 2. The van der Waals surface area contributed by atoms with E-state index in [1.165, 1.54) is 11.1 Å². The first-order valence-corrected chi connectivity index (χ1v) is 12.7. The Labute approximate surface area is 212 Å². The lowest BCUT2D eigenvalue weighted by Gasteiger charge is -2.33. The molecule has 4 rings (SSSR count). The van der Waals surface area contributed by atoms with Gasteiger partial charge in [-0.15, -0.1) is 5.10 Å². The minimum atomic E-state index is -0.114. The molecule has 0 aliphatic carbocycles. The summed E-state index contributed by atoms with van der Waals surface area (Å²) in [6.45, 7) is 10.2. The first-order valence-electron chi connectivity index (χ1n) is 12.7. The van der Waals surface area contributed by atoms with Crippen LogP contribution in [0.5, 0.6) is 0 Å². The summed E-state index contributed by atoms with van der Waals surface area (Å²) in [7, 11) is 0. The smallest absolute Gasteiger partial charge is 0.252 e. The number of pyridine rings is 1. The Hall–Kier alpha value is -3.36. The molecule has 0 saturated carbocycles. The maximum absolute atomic E-state index is 13.1. The van der Waals surface area contributed by atoms with Crippen LogP contribution in [0.4, 0.5) is 0 Å². The zero-order valence-corrected chi connectivity index (χ0v) is 21.6. The van der Waals surface area contributed by atoms with Gasteiger partial charge in [0.05, 0.1) is 6.04 Å². The van der Waals surface area contributed by atoms with Crippen LogP contribution < -0.4 is 5.56 Å². The molecule has 8 nitrogen and oxygen atoms in total. The molecule has 36 heavy (non-hydrogen) atoms. The number of aromatic amines is 1. The monoisotopic (exact) mass is 488 g/mol. The zero-order chi connectivity index (χ0) is 25.7. The predicted octanol–water partition coefficient (Wildman–Crippen LogP) is 3.96. The Bertz CT molecular complexity index is 1350. The molecular weight excluding hydrogens is 452 g/mol. The minimum absolute atomic E-state index is 0.0762. The van der Waals surface area contributed by atoms with E-state index in [1.54, 1.807) is 0 Å². The summed E-state index contributed by atoms with van der Waals surface area (Å²) in [5.74, 6) is 0.970. The minimum Gasteiger partial charge on any atom is -0.396 e. The van der Waals surface area contributed by atoms with Crippen molar-refractivity contribution < 1.29 is 5.11 Å². The molecule has 0 saturated heterocycles. The standard InChI is InChI=1S/C28H36N6O2/c1-19(2)26(27-30-31-32-34(27)13-11-22-9-6-5-7-10-22)33(12-8-14-35)18-24-17-23-15-20(3)21(4)16-25(23)29-28(24)36/h5-7,9-10,15-17,19,26,35H,8,11-14,18H2,1-4H3,(H,29,36). The second-order valence-corrected chi connectivity index (χ2v) is 9.88. The van der Waals surface area contributed by atoms with Gasteiger partial charge in [-0.1, -0.05) is 44.2 Å².